The van der Waals surface area contributed by atoms with Crippen molar-refractivity contribution in [3.63, 3.8) is 0 Å². The number of furan rings is 1. The molecule has 37 heavy (non-hydrogen) atoms. The average Bonchev–Trinajstić information content (AvgIpc) is 3.53. The largest absolute Gasteiger partial charge is 0.493 e. The second kappa shape index (κ2) is 11.0. The van der Waals surface area contributed by atoms with Crippen LogP contribution < -0.4 is 14.4 Å². The normalized spacial score (nSPS) is 15.0. The van der Waals surface area contributed by atoms with Gasteiger partial charge in [-0.3, -0.25) is 14.4 Å². The molecule has 0 bridgehead atoms. The molecule has 10 heteroatoms. The third kappa shape index (κ3) is 5.18. The average molecular weight is 507 g/mol. The Bertz CT molecular complexity index is 1300. The van der Waals surface area contributed by atoms with Crippen LogP contribution in [0.15, 0.2) is 65.3 Å². The maximum absolute atomic E-state index is 13.7. The zero-order valence-electron chi connectivity index (χ0n) is 20.6. The number of ether oxygens (including phenoxy) is 3. The number of benzene rings is 2. The van der Waals surface area contributed by atoms with Gasteiger partial charge in [0, 0.05) is 5.56 Å². The molecule has 0 spiro atoms. The highest BCUT2D eigenvalue weighted by Crippen LogP contribution is 2.31. The van der Waals surface area contributed by atoms with E-state index in [4.69, 9.17) is 18.6 Å². The minimum atomic E-state index is -1.07. The molecular formula is C27H26N2O8. The lowest BCUT2D eigenvalue weighted by Gasteiger charge is -2.27. The van der Waals surface area contributed by atoms with Gasteiger partial charge in [-0.2, -0.15) is 0 Å². The van der Waals surface area contributed by atoms with E-state index >= 15 is 0 Å². The fourth-order valence-corrected chi connectivity index (χ4v) is 4.12. The Balaban J connectivity index is 1.64. The molecule has 0 aliphatic carbocycles. The Labute approximate surface area is 213 Å². The predicted octanol–water partition coefficient (Wildman–Crippen LogP) is 3.45. The second-order valence-electron chi connectivity index (χ2n) is 8.14. The minimum absolute atomic E-state index is 0.0283. The molecule has 192 valence electrons. The predicted molar refractivity (Wildman–Crippen MR) is 131 cm³/mol. The highest BCUT2D eigenvalue weighted by Gasteiger charge is 2.45. The number of carbonyl (C=O) groups is 4. The summed E-state index contributed by atoms with van der Waals surface area (Å²) in [7, 11) is 2.94. The van der Waals surface area contributed by atoms with Gasteiger partial charge >= 0.3 is 5.97 Å². The fourth-order valence-electron chi connectivity index (χ4n) is 4.12. The third-order valence-corrected chi connectivity index (χ3v) is 5.93. The van der Waals surface area contributed by atoms with Crippen molar-refractivity contribution in [1.29, 1.82) is 0 Å². The minimum Gasteiger partial charge on any atom is -0.493 e. The third-order valence-electron chi connectivity index (χ3n) is 5.93. The number of amides is 3. The molecule has 1 atom stereocenters. The van der Waals surface area contributed by atoms with Crippen LogP contribution in [0.3, 0.4) is 0 Å². The van der Waals surface area contributed by atoms with Crippen LogP contribution in [0.4, 0.5) is 5.69 Å². The molecule has 1 aliphatic heterocycles. The molecule has 1 aliphatic rings. The van der Waals surface area contributed by atoms with Gasteiger partial charge in [-0.1, -0.05) is 0 Å². The first kappa shape index (κ1) is 25.5. The summed E-state index contributed by atoms with van der Waals surface area (Å²) < 4.78 is 21.0. The van der Waals surface area contributed by atoms with Crippen molar-refractivity contribution in [2.24, 2.45) is 0 Å². The van der Waals surface area contributed by atoms with E-state index in [1.165, 1.54) is 55.7 Å². The van der Waals surface area contributed by atoms with Crippen molar-refractivity contribution in [3.8, 4) is 11.5 Å². The highest BCUT2D eigenvalue weighted by molar-refractivity contribution is 6.23. The van der Waals surface area contributed by atoms with E-state index in [-0.39, 0.29) is 25.1 Å². The van der Waals surface area contributed by atoms with Crippen molar-refractivity contribution in [3.05, 3.63) is 77.7 Å². The number of rotatable bonds is 9. The summed E-state index contributed by atoms with van der Waals surface area (Å²) >= 11 is 0. The van der Waals surface area contributed by atoms with Crippen LogP contribution in [0.1, 0.15) is 39.8 Å². The second-order valence-corrected chi connectivity index (χ2v) is 8.14. The van der Waals surface area contributed by atoms with Crippen molar-refractivity contribution in [2.75, 3.05) is 25.7 Å². The van der Waals surface area contributed by atoms with Crippen LogP contribution in [0.25, 0.3) is 0 Å². The van der Waals surface area contributed by atoms with Crippen LogP contribution in [-0.4, -0.2) is 55.5 Å². The lowest BCUT2D eigenvalue weighted by atomic mass is 10.1. The Hall–Kier alpha value is -4.60. The van der Waals surface area contributed by atoms with Crippen LogP contribution in [0.2, 0.25) is 0 Å². The molecule has 1 aromatic heterocycles. The summed E-state index contributed by atoms with van der Waals surface area (Å²) in [6.45, 7) is 1.90. The van der Waals surface area contributed by atoms with Crippen molar-refractivity contribution in [2.45, 2.75) is 25.9 Å². The van der Waals surface area contributed by atoms with Gasteiger partial charge in [-0.25, -0.2) is 9.69 Å². The molecular weight excluding hydrogens is 480 g/mol. The van der Waals surface area contributed by atoms with Crippen LogP contribution in [-0.2, 0) is 20.9 Å². The van der Waals surface area contributed by atoms with Crippen molar-refractivity contribution >= 4 is 29.4 Å². The smallest absolute Gasteiger partial charge is 0.338 e. The summed E-state index contributed by atoms with van der Waals surface area (Å²) in [4.78, 5) is 54.4. The molecule has 0 N–H and O–H groups in total. The zero-order chi connectivity index (χ0) is 26.5. The standard InChI is InChI=1S/C27H26N2O8/c1-4-36-27(33)17-7-10-19(11-8-17)29-24(30)15-21(26(29)32)28(16-20-6-5-13-37-20)25(31)18-9-12-22(34-2)23(14-18)35-3/h5-14,21H,4,15-16H2,1-3H3. The highest BCUT2D eigenvalue weighted by atomic mass is 16.5. The number of hydrogen-bond acceptors (Lipinski definition) is 8. The summed E-state index contributed by atoms with van der Waals surface area (Å²) in [6, 6.07) is 12.9. The van der Waals surface area contributed by atoms with Gasteiger partial charge in [-0.15, -0.1) is 0 Å². The summed E-state index contributed by atoms with van der Waals surface area (Å²) in [5.41, 5.74) is 0.841. The molecule has 0 radical (unpaired) electrons. The van der Waals surface area contributed by atoms with Crippen LogP contribution in [0.5, 0.6) is 11.5 Å². The van der Waals surface area contributed by atoms with Crippen LogP contribution >= 0.6 is 0 Å². The molecule has 10 nitrogen and oxygen atoms in total. The zero-order valence-corrected chi connectivity index (χ0v) is 20.6. The number of esters is 1. The topological polar surface area (TPSA) is 116 Å². The quantitative estimate of drug-likeness (QED) is 0.320. The Morgan fingerprint density at radius 1 is 1.00 bits per heavy atom. The van der Waals surface area contributed by atoms with E-state index in [2.05, 4.69) is 0 Å². The van der Waals surface area contributed by atoms with E-state index in [1.807, 2.05) is 0 Å². The van der Waals surface area contributed by atoms with Crippen molar-refractivity contribution < 1.29 is 37.8 Å². The Morgan fingerprint density at radius 3 is 2.32 bits per heavy atom. The number of hydrogen-bond donors (Lipinski definition) is 0. The van der Waals surface area contributed by atoms with Gasteiger partial charge in [0.05, 0.1) is 51.3 Å². The monoisotopic (exact) mass is 506 g/mol. The lowest BCUT2D eigenvalue weighted by molar-refractivity contribution is -0.122. The molecule has 1 unspecified atom stereocenters. The fraction of sp³-hybridized carbons (Fsp3) is 0.259. The van der Waals surface area contributed by atoms with Gasteiger partial charge in [-0.05, 0) is 61.5 Å². The van der Waals surface area contributed by atoms with Gasteiger partial charge in [0.1, 0.15) is 11.8 Å². The molecule has 1 saturated heterocycles. The Morgan fingerprint density at radius 2 is 1.70 bits per heavy atom. The van der Waals surface area contributed by atoms with Crippen LogP contribution in [0, 0.1) is 0 Å². The summed E-state index contributed by atoms with van der Waals surface area (Å²) in [6.07, 6.45) is 1.26. The molecule has 3 aromatic rings. The van der Waals surface area contributed by atoms with Gasteiger partial charge in [0.2, 0.25) is 5.91 Å². The first-order valence-electron chi connectivity index (χ1n) is 11.6. The molecule has 3 amide bonds. The summed E-state index contributed by atoms with van der Waals surface area (Å²) in [5.74, 6) is -0.771. The maximum Gasteiger partial charge on any atom is 0.338 e. The number of methoxy groups -OCH3 is 2. The lowest BCUT2D eigenvalue weighted by Crippen LogP contribution is -2.45. The maximum atomic E-state index is 13.7. The first-order valence-corrected chi connectivity index (χ1v) is 11.6. The Kier molecular flexibility index (Phi) is 7.57. The van der Waals surface area contributed by atoms with E-state index in [0.29, 0.717) is 28.5 Å². The van der Waals surface area contributed by atoms with E-state index in [0.717, 1.165) is 4.90 Å². The van der Waals surface area contributed by atoms with E-state index < -0.39 is 29.7 Å². The van der Waals surface area contributed by atoms with Gasteiger partial charge in [0.25, 0.3) is 11.8 Å². The number of nitrogens with zero attached hydrogens (tertiary/aromatic N) is 2. The first-order chi connectivity index (χ1) is 17.9. The van der Waals surface area contributed by atoms with E-state index in [9.17, 15) is 19.2 Å². The van der Waals surface area contributed by atoms with Gasteiger partial charge in [0.15, 0.2) is 11.5 Å². The SMILES string of the molecule is CCOC(=O)c1ccc(N2C(=O)CC(N(Cc3ccco3)C(=O)c3ccc(OC)c(OC)c3)C2=O)cc1. The molecule has 2 aromatic carbocycles. The molecule has 4 rings (SSSR count). The summed E-state index contributed by atoms with van der Waals surface area (Å²) in [5, 5.41) is 0. The van der Waals surface area contributed by atoms with E-state index in [1.54, 1.807) is 31.2 Å². The molecule has 2 heterocycles. The number of anilines is 1. The molecule has 0 saturated carbocycles. The number of imide groups is 1. The molecule has 1 fully saturated rings. The van der Waals surface area contributed by atoms with Crippen molar-refractivity contribution in [1.82, 2.24) is 4.90 Å². The number of carbonyl (C=O) groups excluding carboxylic acids is 4. The van der Waals surface area contributed by atoms with Gasteiger partial charge < -0.3 is 23.5 Å².